The third kappa shape index (κ3) is 5.22. The Balaban J connectivity index is 2.53. The molecule has 0 heterocycles. The summed E-state index contributed by atoms with van der Waals surface area (Å²) in [6, 6.07) is 7.58. The highest BCUT2D eigenvalue weighted by Crippen LogP contribution is 2.24. The molecule has 1 amide bonds. The lowest BCUT2D eigenvalue weighted by molar-refractivity contribution is -0.141. The van der Waals surface area contributed by atoms with Gasteiger partial charge in [-0.25, -0.2) is 0 Å². The Morgan fingerprint density at radius 3 is 2.65 bits per heavy atom. The monoisotopic (exact) mass is 296 g/mol. The number of benzene rings is 1. The third-order valence-electron chi connectivity index (χ3n) is 2.80. The number of amides is 1. The topological polar surface area (TPSA) is 69.6 Å². The van der Waals surface area contributed by atoms with Crippen molar-refractivity contribution in [2.24, 2.45) is 5.92 Å². The van der Waals surface area contributed by atoms with Crippen LogP contribution in [-0.4, -0.2) is 48.3 Å². The number of carbonyl (C=O) groups excluding carboxylic acids is 1. The van der Waals surface area contributed by atoms with Crippen molar-refractivity contribution >= 4 is 29.3 Å². The van der Waals surface area contributed by atoms with Gasteiger partial charge in [-0.15, -0.1) is 11.8 Å². The Morgan fingerprint density at radius 1 is 1.40 bits per heavy atom. The lowest BCUT2D eigenvalue weighted by Gasteiger charge is -2.18. The van der Waals surface area contributed by atoms with Gasteiger partial charge in [-0.05, 0) is 25.4 Å². The fourth-order valence-corrected chi connectivity index (χ4v) is 2.35. The van der Waals surface area contributed by atoms with Crippen molar-refractivity contribution in [1.82, 2.24) is 4.90 Å². The zero-order valence-electron chi connectivity index (χ0n) is 11.9. The number of carboxylic acids is 1. The molecular weight excluding hydrogens is 276 g/mol. The molecule has 2 N–H and O–H groups in total. The van der Waals surface area contributed by atoms with Crippen LogP contribution in [0.2, 0.25) is 0 Å². The molecule has 0 radical (unpaired) electrons. The van der Waals surface area contributed by atoms with Crippen LogP contribution in [0.5, 0.6) is 0 Å². The number of nitrogens with one attached hydrogen (secondary N) is 1. The normalized spacial score (nSPS) is 12.2. The molecule has 0 fully saturated rings. The van der Waals surface area contributed by atoms with E-state index in [4.69, 9.17) is 5.11 Å². The summed E-state index contributed by atoms with van der Waals surface area (Å²) in [6.45, 7) is 2.13. The van der Waals surface area contributed by atoms with E-state index < -0.39 is 11.9 Å². The Bertz CT molecular complexity index is 479. The summed E-state index contributed by atoms with van der Waals surface area (Å²) in [6.07, 6.45) is 1.95. The lowest BCUT2D eigenvalue weighted by atomic mass is 10.2. The average molecular weight is 296 g/mol. The molecule has 0 saturated heterocycles. The highest BCUT2D eigenvalue weighted by atomic mass is 32.2. The van der Waals surface area contributed by atoms with Crippen molar-refractivity contribution in [3.05, 3.63) is 24.3 Å². The van der Waals surface area contributed by atoms with E-state index in [1.165, 1.54) is 0 Å². The van der Waals surface area contributed by atoms with Gasteiger partial charge in [0.15, 0.2) is 0 Å². The van der Waals surface area contributed by atoms with E-state index in [9.17, 15) is 9.59 Å². The van der Waals surface area contributed by atoms with Crippen molar-refractivity contribution in [1.29, 1.82) is 0 Å². The summed E-state index contributed by atoms with van der Waals surface area (Å²) in [5, 5.41) is 11.7. The van der Waals surface area contributed by atoms with Gasteiger partial charge in [-0.1, -0.05) is 19.1 Å². The van der Waals surface area contributed by atoms with Crippen LogP contribution >= 0.6 is 11.8 Å². The zero-order chi connectivity index (χ0) is 15.1. The van der Waals surface area contributed by atoms with Crippen LogP contribution in [0.4, 0.5) is 5.69 Å². The van der Waals surface area contributed by atoms with E-state index in [0.717, 1.165) is 10.6 Å². The van der Waals surface area contributed by atoms with E-state index in [2.05, 4.69) is 5.32 Å². The summed E-state index contributed by atoms with van der Waals surface area (Å²) >= 11 is 1.56. The van der Waals surface area contributed by atoms with Crippen LogP contribution in [0.25, 0.3) is 0 Å². The van der Waals surface area contributed by atoms with Crippen LogP contribution in [0.1, 0.15) is 6.92 Å². The Kier molecular flexibility index (Phi) is 6.54. The maximum atomic E-state index is 11.9. The number of aliphatic carboxylic acids is 1. The van der Waals surface area contributed by atoms with Gasteiger partial charge >= 0.3 is 5.97 Å². The van der Waals surface area contributed by atoms with E-state index in [1.54, 1.807) is 30.6 Å². The molecule has 20 heavy (non-hydrogen) atoms. The summed E-state index contributed by atoms with van der Waals surface area (Å²) < 4.78 is 0. The first-order valence-corrected chi connectivity index (χ1v) is 7.50. The molecule has 0 spiro atoms. The fourth-order valence-electron chi connectivity index (χ4n) is 1.79. The number of thioether (sulfide) groups is 1. The number of carbonyl (C=O) groups is 2. The predicted molar refractivity (Wildman–Crippen MR) is 81.1 cm³/mol. The number of nitrogens with zero attached hydrogens (tertiary/aromatic N) is 1. The van der Waals surface area contributed by atoms with Crippen LogP contribution in [0.3, 0.4) is 0 Å². The Labute approximate surface area is 123 Å². The van der Waals surface area contributed by atoms with Gasteiger partial charge in [0.2, 0.25) is 5.91 Å². The van der Waals surface area contributed by atoms with Crippen LogP contribution in [0, 0.1) is 5.92 Å². The molecule has 1 aromatic carbocycles. The van der Waals surface area contributed by atoms with Crippen molar-refractivity contribution in [2.45, 2.75) is 11.8 Å². The van der Waals surface area contributed by atoms with Gasteiger partial charge in [-0.3, -0.25) is 14.5 Å². The second-order valence-corrected chi connectivity index (χ2v) is 5.53. The summed E-state index contributed by atoms with van der Waals surface area (Å²) in [4.78, 5) is 25.4. The Morgan fingerprint density at radius 2 is 2.05 bits per heavy atom. The number of rotatable bonds is 7. The van der Waals surface area contributed by atoms with Crippen LogP contribution in [-0.2, 0) is 9.59 Å². The van der Waals surface area contributed by atoms with E-state index in [1.807, 2.05) is 30.5 Å². The molecule has 0 aliphatic rings. The van der Waals surface area contributed by atoms with E-state index in [-0.39, 0.29) is 12.5 Å². The standard InChI is InChI=1S/C14H20N2O3S/c1-10(14(18)19)8-16(2)9-13(17)15-11-6-4-5-7-12(11)20-3/h4-7,10H,8-9H2,1-3H3,(H,15,17)(H,18,19). The van der Waals surface area contributed by atoms with Crippen molar-refractivity contribution in [3.8, 4) is 0 Å². The van der Waals surface area contributed by atoms with Crippen molar-refractivity contribution in [3.63, 3.8) is 0 Å². The van der Waals surface area contributed by atoms with Crippen LogP contribution < -0.4 is 5.32 Å². The van der Waals surface area contributed by atoms with Gasteiger partial charge in [-0.2, -0.15) is 0 Å². The second kappa shape index (κ2) is 7.91. The number of hydrogen-bond acceptors (Lipinski definition) is 4. The maximum absolute atomic E-state index is 11.9. The first-order valence-electron chi connectivity index (χ1n) is 6.28. The minimum Gasteiger partial charge on any atom is -0.481 e. The number of anilines is 1. The van der Waals surface area contributed by atoms with Gasteiger partial charge < -0.3 is 10.4 Å². The summed E-state index contributed by atoms with van der Waals surface area (Å²) in [5.74, 6) is -1.50. The molecule has 5 nitrogen and oxygen atoms in total. The third-order valence-corrected chi connectivity index (χ3v) is 3.60. The molecule has 6 heteroatoms. The van der Waals surface area contributed by atoms with Gasteiger partial charge in [0.05, 0.1) is 18.2 Å². The van der Waals surface area contributed by atoms with Gasteiger partial charge in [0.1, 0.15) is 0 Å². The fraction of sp³-hybridized carbons (Fsp3) is 0.429. The maximum Gasteiger partial charge on any atom is 0.307 e. The van der Waals surface area contributed by atoms with Crippen molar-refractivity contribution < 1.29 is 14.7 Å². The highest BCUT2D eigenvalue weighted by Gasteiger charge is 2.15. The van der Waals surface area contributed by atoms with Gasteiger partial charge in [0, 0.05) is 11.4 Å². The smallest absolute Gasteiger partial charge is 0.307 e. The zero-order valence-corrected chi connectivity index (χ0v) is 12.7. The number of likely N-dealkylation sites (N-methyl/N-ethyl adjacent to an activating group) is 1. The molecule has 0 aliphatic heterocycles. The minimum absolute atomic E-state index is 0.147. The number of para-hydroxylation sites is 1. The molecule has 0 aromatic heterocycles. The van der Waals surface area contributed by atoms with Crippen LogP contribution in [0.15, 0.2) is 29.2 Å². The number of hydrogen-bond donors (Lipinski definition) is 2. The molecule has 0 saturated carbocycles. The molecular formula is C14H20N2O3S. The molecule has 1 aromatic rings. The predicted octanol–water partition coefficient (Wildman–Crippen LogP) is 2.00. The lowest BCUT2D eigenvalue weighted by Crippen LogP contribution is -2.35. The molecule has 110 valence electrons. The molecule has 1 rings (SSSR count). The molecule has 1 atom stereocenters. The van der Waals surface area contributed by atoms with E-state index in [0.29, 0.717) is 6.54 Å². The summed E-state index contributed by atoms with van der Waals surface area (Å²) in [5.41, 5.74) is 0.782. The molecule has 0 bridgehead atoms. The average Bonchev–Trinajstić information content (AvgIpc) is 2.38. The Hall–Kier alpha value is -1.53. The van der Waals surface area contributed by atoms with E-state index >= 15 is 0 Å². The van der Waals surface area contributed by atoms with Crippen molar-refractivity contribution in [2.75, 3.05) is 31.7 Å². The SMILES string of the molecule is CSc1ccccc1NC(=O)CN(C)CC(C)C(=O)O. The largest absolute Gasteiger partial charge is 0.481 e. The quantitative estimate of drug-likeness (QED) is 0.753. The molecule has 0 aliphatic carbocycles. The summed E-state index contributed by atoms with van der Waals surface area (Å²) in [7, 11) is 1.74. The minimum atomic E-state index is -0.856. The first-order chi connectivity index (χ1) is 9.43. The first kappa shape index (κ1) is 16.5. The van der Waals surface area contributed by atoms with Gasteiger partial charge in [0.25, 0.3) is 0 Å². The highest BCUT2D eigenvalue weighted by molar-refractivity contribution is 7.98. The second-order valence-electron chi connectivity index (χ2n) is 4.68. The molecule has 1 unspecified atom stereocenters. The number of carboxylic acid groups (broad SMARTS) is 1.